The first-order chi connectivity index (χ1) is 11.7. The summed E-state index contributed by atoms with van der Waals surface area (Å²) in [6, 6.07) is 0.803. The number of thiazole rings is 1. The number of nitrogens with zero attached hydrogens (tertiary/aromatic N) is 3. The van der Waals surface area contributed by atoms with Gasteiger partial charge in [-0.1, -0.05) is 19.3 Å². The Morgan fingerprint density at radius 3 is 2.71 bits per heavy atom. The molecule has 24 heavy (non-hydrogen) atoms. The van der Waals surface area contributed by atoms with Crippen LogP contribution in [0.4, 0.5) is 0 Å². The van der Waals surface area contributed by atoms with Crippen molar-refractivity contribution in [2.75, 3.05) is 33.7 Å². The van der Waals surface area contributed by atoms with Crippen LogP contribution < -0.4 is 10.6 Å². The van der Waals surface area contributed by atoms with Gasteiger partial charge in [-0.15, -0.1) is 11.3 Å². The van der Waals surface area contributed by atoms with Crippen molar-refractivity contribution in [2.24, 2.45) is 4.99 Å². The highest BCUT2D eigenvalue weighted by atomic mass is 32.1. The molecule has 5 nitrogen and oxygen atoms in total. The topological polar surface area (TPSA) is 52.6 Å². The molecule has 0 aliphatic heterocycles. The number of nitrogens with one attached hydrogen (secondary N) is 2. The summed E-state index contributed by atoms with van der Waals surface area (Å²) < 4.78 is 0. The van der Waals surface area contributed by atoms with Crippen LogP contribution in [0, 0.1) is 6.92 Å². The molecule has 0 radical (unpaired) electrons. The zero-order chi connectivity index (χ0) is 17.2. The predicted molar refractivity (Wildman–Crippen MR) is 104 cm³/mol. The summed E-state index contributed by atoms with van der Waals surface area (Å²) in [4.78, 5) is 11.3. The Bertz CT molecular complexity index is 493. The molecule has 0 spiro atoms. The van der Waals surface area contributed by atoms with E-state index in [-0.39, 0.29) is 0 Å². The van der Waals surface area contributed by atoms with E-state index >= 15 is 0 Å². The molecule has 1 aliphatic rings. The quantitative estimate of drug-likeness (QED) is 0.430. The average molecular weight is 352 g/mol. The second-order valence-electron chi connectivity index (χ2n) is 6.66. The van der Waals surface area contributed by atoms with Gasteiger partial charge in [0.2, 0.25) is 0 Å². The van der Waals surface area contributed by atoms with E-state index in [1.54, 1.807) is 11.3 Å². The fourth-order valence-corrected chi connectivity index (χ4v) is 3.94. The number of rotatable bonds is 8. The van der Waals surface area contributed by atoms with E-state index in [4.69, 9.17) is 0 Å². The average Bonchev–Trinajstić information content (AvgIpc) is 3.02. The molecule has 1 aromatic heterocycles. The smallest absolute Gasteiger partial charge is 0.190 e. The zero-order valence-corrected chi connectivity index (χ0v) is 16.3. The minimum absolute atomic E-state index is 0.803. The van der Waals surface area contributed by atoms with E-state index in [0.29, 0.717) is 0 Å². The van der Waals surface area contributed by atoms with Crippen LogP contribution in [0.15, 0.2) is 10.4 Å². The van der Waals surface area contributed by atoms with Crippen LogP contribution in [0.5, 0.6) is 0 Å². The lowest BCUT2D eigenvalue weighted by molar-refractivity contribution is 0.190. The zero-order valence-electron chi connectivity index (χ0n) is 15.5. The number of aryl methyl sites for hydroxylation is 1. The SMILES string of the molecule is CN=C(NCCCN(C)C1CCCCC1)NCCc1csc(C)n1. The van der Waals surface area contributed by atoms with Crippen LogP contribution in [-0.2, 0) is 6.42 Å². The molecule has 0 saturated heterocycles. The Morgan fingerprint density at radius 2 is 2.04 bits per heavy atom. The van der Waals surface area contributed by atoms with Gasteiger partial charge >= 0.3 is 0 Å². The number of hydrogen-bond donors (Lipinski definition) is 2. The first-order valence-electron chi connectivity index (χ1n) is 9.25. The third-order valence-corrected chi connectivity index (χ3v) is 5.56. The van der Waals surface area contributed by atoms with Crippen LogP contribution in [0.3, 0.4) is 0 Å². The van der Waals surface area contributed by atoms with Crippen LogP contribution in [0.1, 0.15) is 49.2 Å². The fraction of sp³-hybridized carbons (Fsp3) is 0.778. The van der Waals surface area contributed by atoms with E-state index in [1.165, 1.54) is 32.1 Å². The van der Waals surface area contributed by atoms with Crippen molar-refractivity contribution in [2.45, 2.75) is 57.9 Å². The molecule has 2 N–H and O–H groups in total. The maximum atomic E-state index is 4.49. The highest BCUT2D eigenvalue weighted by molar-refractivity contribution is 7.09. The third-order valence-electron chi connectivity index (χ3n) is 4.74. The summed E-state index contributed by atoms with van der Waals surface area (Å²) in [7, 11) is 4.11. The number of aromatic nitrogens is 1. The summed E-state index contributed by atoms with van der Waals surface area (Å²) in [6.07, 6.45) is 9.08. The van der Waals surface area contributed by atoms with Crippen LogP contribution in [0.25, 0.3) is 0 Å². The lowest BCUT2D eigenvalue weighted by Crippen LogP contribution is -2.40. The van der Waals surface area contributed by atoms with Crippen molar-refractivity contribution in [1.29, 1.82) is 0 Å². The summed E-state index contributed by atoms with van der Waals surface area (Å²) in [5.41, 5.74) is 1.16. The molecular formula is C18H33N5S. The fourth-order valence-electron chi connectivity index (χ4n) is 3.29. The van der Waals surface area contributed by atoms with Gasteiger partial charge < -0.3 is 15.5 Å². The lowest BCUT2D eigenvalue weighted by Gasteiger charge is -2.31. The molecule has 1 aromatic rings. The molecule has 0 amide bonds. The second kappa shape index (κ2) is 10.7. The second-order valence-corrected chi connectivity index (χ2v) is 7.72. The van der Waals surface area contributed by atoms with Gasteiger partial charge in [0.25, 0.3) is 0 Å². The molecule has 1 fully saturated rings. The van der Waals surface area contributed by atoms with Gasteiger partial charge in [-0.05, 0) is 39.8 Å². The predicted octanol–water partition coefficient (Wildman–Crippen LogP) is 2.81. The van der Waals surface area contributed by atoms with Crippen LogP contribution in [0.2, 0.25) is 0 Å². The van der Waals surface area contributed by atoms with Gasteiger partial charge in [-0.3, -0.25) is 4.99 Å². The molecule has 0 aromatic carbocycles. The van der Waals surface area contributed by atoms with Crippen molar-refractivity contribution in [3.8, 4) is 0 Å². The van der Waals surface area contributed by atoms with Crippen molar-refractivity contribution in [1.82, 2.24) is 20.5 Å². The summed E-state index contributed by atoms with van der Waals surface area (Å²) in [6.45, 7) is 5.04. The van der Waals surface area contributed by atoms with E-state index in [1.807, 2.05) is 14.0 Å². The lowest BCUT2D eigenvalue weighted by atomic mass is 9.94. The van der Waals surface area contributed by atoms with Gasteiger partial charge in [0, 0.05) is 38.0 Å². The van der Waals surface area contributed by atoms with Gasteiger partial charge in [-0.25, -0.2) is 4.98 Å². The summed E-state index contributed by atoms with van der Waals surface area (Å²) in [5.74, 6) is 0.891. The van der Waals surface area contributed by atoms with Gasteiger partial charge in [0.15, 0.2) is 5.96 Å². The summed E-state index contributed by atoms with van der Waals surface area (Å²) >= 11 is 1.71. The van der Waals surface area contributed by atoms with Gasteiger partial charge in [0.05, 0.1) is 10.7 Å². The molecule has 2 rings (SSSR count). The molecule has 0 atom stereocenters. The minimum Gasteiger partial charge on any atom is -0.356 e. The number of hydrogen-bond acceptors (Lipinski definition) is 4. The van der Waals surface area contributed by atoms with Crippen LogP contribution in [-0.4, -0.2) is 55.6 Å². The Morgan fingerprint density at radius 1 is 1.29 bits per heavy atom. The Kier molecular flexibility index (Phi) is 8.53. The molecular weight excluding hydrogens is 318 g/mol. The van der Waals surface area contributed by atoms with Gasteiger partial charge in [0.1, 0.15) is 0 Å². The summed E-state index contributed by atoms with van der Waals surface area (Å²) in [5, 5.41) is 10.0. The Hall–Kier alpha value is -1.14. The largest absolute Gasteiger partial charge is 0.356 e. The molecule has 1 aliphatic carbocycles. The molecule has 1 saturated carbocycles. The Labute approximate surface area is 151 Å². The molecule has 0 bridgehead atoms. The van der Waals surface area contributed by atoms with Crippen molar-refractivity contribution >= 4 is 17.3 Å². The number of guanidine groups is 1. The minimum atomic E-state index is 0.803. The molecule has 136 valence electrons. The van der Waals surface area contributed by atoms with Crippen molar-refractivity contribution in [3.05, 3.63) is 16.1 Å². The standard InChI is InChI=1S/C18H33N5S/c1-15-22-16(14-24-15)10-12-21-18(19-2)20-11-7-13-23(3)17-8-5-4-6-9-17/h14,17H,4-13H2,1-3H3,(H2,19,20,21). The van der Waals surface area contributed by atoms with Crippen molar-refractivity contribution < 1.29 is 0 Å². The van der Waals surface area contributed by atoms with E-state index in [9.17, 15) is 0 Å². The highest BCUT2D eigenvalue weighted by Crippen LogP contribution is 2.21. The number of aliphatic imine (C=N–C) groups is 1. The van der Waals surface area contributed by atoms with Crippen molar-refractivity contribution in [3.63, 3.8) is 0 Å². The maximum Gasteiger partial charge on any atom is 0.190 e. The molecule has 6 heteroatoms. The Balaban J connectivity index is 1.56. The van der Waals surface area contributed by atoms with Crippen LogP contribution >= 0.6 is 11.3 Å². The highest BCUT2D eigenvalue weighted by Gasteiger charge is 2.17. The van der Waals surface area contributed by atoms with E-state index in [2.05, 4.69) is 37.9 Å². The van der Waals surface area contributed by atoms with E-state index < -0.39 is 0 Å². The molecule has 0 unspecified atom stereocenters. The first kappa shape index (κ1) is 19.2. The maximum absolute atomic E-state index is 4.49. The third kappa shape index (κ3) is 6.77. The van der Waals surface area contributed by atoms with E-state index in [0.717, 1.165) is 55.2 Å². The normalized spacial score (nSPS) is 16.6. The van der Waals surface area contributed by atoms with Gasteiger partial charge in [-0.2, -0.15) is 0 Å². The molecule has 1 heterocycles. The monoisotopic (exact) mass is 351 g/mol. The first-order valence-corrected chi connectivity index (χ1v) is 10.1.